The summed E-state index contributed by atoms with van der Waals surface area (Å²) in [6.45, 7) is 6.77. The van der Waals surface area contributed by atoms with Gasteiger partial charge < -0.3 is 14.4 Å². The predicted molar refractivity (Wildman–Crippen MR) is 113 cm³/mol. The molecule has 1 aliphatic rings. The van der Waals surface area contributed by atoms with Gasteiger partial charge in [-0.05, 0) is 36.2 Å². The monoisotopic (exact) mass is 411 g/mol. The van der Waals surface area contributed by atoms with Gasteiger partial charge in [-0.3, -0.25) is 0 Å². The molecule has 0 N–H and O–H groups in total. The van der Waals surface area contributed by atoms with Crippen molar-refractivity contribution in [3.8, 4) is 0 Å². The summed E-state index contributed by atoms with van der Waals surface area (Å²) in [5.74, 6) is 0. The molecule has 1 fully saturated rings. The Balaban J connectivity index is 1.58. The van der Waals surface area contributed by atoms with Crippen molar-refractivity contribution in [2.75, 3.05) is 39.8 Å². The third-order valence-electron chi connectivity index (χ3n) is 5.46. The molecule has 26 heavy (non-hydrogen) atoms. The zero-order chi connectivity index (χ0) is 17.9. The Morgan fingerprint density at radius 2 is 1.65 bits per heavy atom. The number of rotatable bonds is 5. The number of nitrogens with zero attached hydrogens (tertiary/aromatic N) is 3. The lowest BCUT2D eigenvalue weighted by molar-refractivity contribution is 0.155. The lowest BCUT2D eigenvalue weighted by atomic mass is 10.2. The van der Waals surface area contributed by atoms with E-state index < -0.39 is 0 Å². The molecule has 4 heteroatoms. The number of aromatic nitrogens is 1. The summed E-state index contributed by atoms with van der Waals surface area (Å²) in [6, 6.07) is 19.7. The number of para-hydroxylation sites is 1. The van der Waals surface area contributed by atoms with Crippen LogP contribution in [0.3, 0.4) is 0 Å². The van der Waals surface area contributed by atoms with Gasteiger partial charge >= 0.3 is 0 Å². The summed E-state index contributed by atoms with van der Waals surface area (Å²) in [5.41, 5.74) is 4.09. The van der Waals surface area contributed by atoms with Crippen LogP contribution in [0.25, 0.3) is 10.9 Å². The number of piperazine rings is 1. The SMILES string of the molecule is CN1CCN(CCc2cc3ccccc3n2Cc2ccccc2Br)CC1. The van der Waals surface area contributed by atoms with Gasteiger partial charge in [-0.15, -0.1) is 0 Å². The second-order valence-electron chi connectivity index (χ2n) is 7.27. The second-order valence-corrected chi connectivity index (χ2v) is 8.12. The maximum absolute atomic E-state index is 3.71. The second kappa shape index (κ2) is 7.95. The molecule has 3 nitrogen and oxygen atoms in total. The molecule has 1 aromatic heterocycles. The van der Waals surface area contributed by atoms with Crippen molar-refractivity contribution >= 4 is 26.8 Å². The predicted octanol–water partition coefficient (Wildman–Crippen LogP) is 4.24. The maximum atomic E-state index is 3.71. The third-order valence-corrected chi connectivity index (χ3v) is 6.24. The molecule has 0 radical (unpaired) electrons. The van der Waals surface area contributed by atoms with Crippen LogP contribution in [0.4, 0.5) is 0 Å². The molecule has 0 atom stereocenters. The first-order valence-corrected chi connectivity index (χ1v) is 10.2. The van der Waals surface area contributed by atoms with Crippen molar-refractivity contribution in [1.29, 1.82) is 0 Å². The van der Waals surface area contributed by atoms with Gasteiger partial charge in [0, 0.05) is 61.4 Å². The van der Waals surface area contributed by atoms with Crippen LogP contribution in [0.2, 0.25) is 0 Å². The molecule has 2 heterocycles. The van der Waals surface area contributed by atoms with E-state index in [1.54, 1.807) is 0 Å². The van der Waals surface area contributed by atoms with Crippen molar-refractivity contribution in [2.45, 2.75) is 13.0 Å². The van der Waals surface area contributed by atoms with Crippen LogP contribution in [0.1, 0.15) is 11.3 Å². The van der Waals surface area contributed by atoms with Crippen molar-refractivity contribution in [3.05, 3.63) is 70.3 Å². The molecular weight excluding hydrogens is 386 g/mol. The van der Waals surface area contributed by atoms with Crippen molar-refractivity contribution < 1.29 is 0 Å². The highest BCUT2D eigenvalue weighted by molar-refractivity contribution is 9.10. The van der Waals surface area contributed by atoms with Gasteiger partial charge in [-0.1, -0.05) is 52.3 Å². The number of fused-ring (bicyclic) bond motifs is 1. The highest BCUT2D eigenvalue weighted by Gasteiger charge is 2.15. The van der Waals surface area contributed by atoms with Crippen LogP contribution < -0.4 is 0 Å². The summed E-state index contributed by atoms with van der Waals surface area (Å²) < 4.78 is 3.67. The first-order valence-electron chi connectivity index (χ1n) is 9.42. The molecule has 1 saturated heterocycles. The van der Waals surface area contributed by atoms with E-state index >= 15 is 0 Å². The standard InChI is InChI=1S/C22H26BrN3/c1-24-12-14-25(15-13-24)11-10-20-16-18-6-3-5-9-22(18)26(20)17-19-7-2-4-8-21(19)23/h2-9,16H,10-15,17H2,1H3. The smallest absolute Gasteiger partial charge is 0.0490 e. The van der Waals surface area contributed by atoms with Gasteiger partial charge in [0.15, 0.2) is 0 Å². The molecular formula is C22H26BrN3. The van der Waals surface area contributed by atoms with E-state index in [0.29, 0.717) is 0 Å². The van der Waals surface area contributed by atoms with Crippen molar-refractivity contribution in [1.82, 2.24) is 14.4 Å². The largest absolute Gasteiger partial charge is 0.340 e. The normalized spacial score (nSPS) is 16.4. The summed E-state index contributed by atoms with van der Waals surface area (Å²) in [6.07, 6.45) is 1.10. The van der Waals surface area contributed by atoms with E-state index in [9.17, 15) is 0 Å². The van der Waals surface area contributed by atoms with Crippen LogP contribution >= 0.6 is 15.9 Å². The van der Waals surface area contributed by atoms with Crippen molar-refractivity contribution in [3.63, 3.8) is 0 Å². The van der Waals surface area contributed by atoms with Gasteiger partial charge in [-0.25, -0.2) is 0 Å². The molecule has 0 amide bonds. The molecule has 0 unspecified atom stereocenters. The van der Waals surface area contributed by atoms with E-state index in [1.165, 1.54) is 52.8 Å². The Morgan fingerprint density at radius 1 is 0.923 bits per heavy atom. The fourth-order valence-corrected chi connectivity index (χ4v) is 4.21. The summed E-state index contributed by atoms with van der Waals surface area (Å²) in [4.78, 5) is 5.01. The molecule has 1 aliphatic heterocycles. The minimum atomic E-state index is 0.910. The minimum absolute atomic E-state index is 0.910. The Bertz CT molecular complexity index is 878. The lowest BCUT2D eigenvalue weighted by Crippen LogP contribution is -2.45. The molecule has 0 bridgehead atoms. The van der Waals surface area contributed by atoms with Gasteiger partial charge in [0.1, 0.15) is 0 Å². The first kappa shape index (κ1) is 17.8. The van der Waals surface area contributed by atoms with E-state index in [0.717, 1.165) is 19.5 Å². The van der Waals surface area contributed by atoms with Crippen LogP contribution in [-0.4, -0.2) is 54.1 Å². The highest BCUT2D eigenvalue weighted by Crippen LogP contribution is 2.24. The third kappa shape index (κ3) is 3.88. The molecule has 0 spiro atoms. The van der Waals surface area contributed by atoms with Crippen LogP contribution in [0.15, 0.2) is 59.1 Å². The van der Waals surface area contributed by atoms with Gasteiger partial charge in [-0.2, -0.15) is 0 Å². The Morgan fingerprint density at radius 3 is 2.46 bits per heavy atom. The van der Waals surface area contributed by atoms with Gasteiger partial charge in [0.2, 0.25) is 0 Å². The average Bonchev–Trinajstić information content (AvgIpc) is 3.01. The summed E-state index contributed by atoms with van der Waals surface area (Å²) in [5, 5.41) is 1.34. The molecule has 136 valence electrons. The number of likely N-dealkylation sites (N-methyl/N-ethyl adjacent to an activating group) is 1. The summed E-state index contributed by atoms with van der Waals surface area (Å²) >= 11 is 3.71. The Kier molecular flexibility index (Phi) is 5.44. The first-order chi connectivity index (χ1) is 12.7. The number of benzene rings is 2. The van der Waals surface area contributed by atoms with Crippen LogP contribution in [-0.2, 0) is 13.0 Å². The van der Waals surface area contributed by atoms with Crippen LogP contribution in [0, 0.1) is 0 Å². The Hall–Kier alpha value is -1.62. The average molecular weight is 412 g/mol. The zero-order valence-corrected chi connectivity index (χ0v) is 17.0. The molecule has 0 saturated carbocycles. The highest BCUT2D eigenvalue weighted by atomic mass is 79.9. The minimum Gasteiger partial charge on any atom is -0.340 e. The Labute approximate surface area is 164 Å². The van der Waals surface area contributed by atoms with E-state index in [4.69, 9.17) is 0 Å². The molecule has 4 rings (SSSR count). The van der Waals surface area contributed by atoms with Crippen molar-refractivity contribution in [2.24, 2.45) is 0 Å². The quantitative estimate of drug-likeness (QED) is 0.621. The van der Waals surface area contributed by atoms with Gasteiger partial charge in [0.25, 0.3) is 0 Å². The molecule has 2 aromatic carbocycles. The maximum Gasteiger partial charge on any atom is 0.0490 e. The van der Waals surface area contributed by atoms with Gasteiger partial charge in [0.05, 0.1) is 0 Å². The number of hydrogen-bond acceptors (Lipinski definition) is 2. The van der Waals surface area contributed by atoms with E-state index in [2.05, 4.69) is 91.9 Å². The number of halogens is 1. The fraction of sp³-hybridized carbons (Fsp3) is 0.364. The topological polar surface area (TPSA) is 11.4 Å². The molecule has 3 aromatic rings. The van der Waals surface area contributed by atoms with E-state index in [-0.39, 0.29) is 0 Å². The van der Waals surface area contributed by atoms with Crippen LogP contribution in [0.5, 0.6) is 0 Å². The lowest BCUT2D eigenvalue weighted by Gasteiger charge is -2.32. The summed E-state index contributed by atoms with van der Waals surface area (Å²) in [7, 11) is 2.22. The fourth-order valence-electron chi connectivity index (χ4n) is 3.80. The zero-order valence-electron chi connectivity index (χ0n) is 15.4. The van der Waals surface area contributed by atoms with E-state index in [1.807, 2.05) is 0 Å². The molecule has 0 aliphatic carbocycles. The number of hydrogen-bond donors (Lipinski definition) is 0.